The molecule has 0 aliphatic rings. The van der Waals surface area contributed by atoms with E-state index in [-0.39, 0.29) is 18.4 Å². The van der Waals surface area contributed by atoms with E-state index in [9.17, 15) is 13.2 Å². The van der Waals surface area contributed by atoms with Crippen molar-refractivity contribution in [2.75, 3.05) is 6.54 Å². The van der Waals surface area contributed by atoms with Crippen LogP contribution in [0.5, 0.6) is 0 Å². The molecular formula is C22H23ClF3N. The summed E-state index contributed by atoms with van der Waals surface area (Å²) < 4.78 is 38.2. The minimum atomic E-state index is -4.28. The first kappa shape index (κ1) is 21.3. The van der Waals surface area contributed by atoms with Gasteiger partial charge in [0.1, 0.15) is 0 Å². The third-order valence-corrected chi connectivity index (χ3v) is 4.62. The summed E-state index contributed by atoms with van der Waals surface area (Å²) in [6, 6.07) is 20.4. The highest BCUT2D eigenvalue weighted by atomic mass is 35.5. The molecule has 144 valence electrons. The van der Waals surface area contributed by atoms with Crippen LogP contribution in [0.3, 0.4) is 0 Å². The molecule has 0 fully saturated rings. The van der Waals surface area contributed by atoms with Crippen molar-refractivity contribution in [3.05, 3.63) is 83.4 Å². The highest BCUT2D eigenvalue weighted by molar-refractivity contribution is 5.85. The predicted molar refractivity (Wildman–Crippen MR) is 107 cm³/mol. The number of hydrogen-bond acceptors (Lipinski definition) is 1. The van der Waals surface area contributed by atoms with Crippen molar-refractivity contribution < 1.29 is 13.2 Å². The average molecular weight is 394 g/mol. The molecular weight excluding hydrogens is 371 g/mol. The minimum Gasteiger partial charge on any atom is -0.310 e. The number of aryl methyl sites for hydroxylation is 1. The Kier molecular flexibility index (Phi) is 7.28. The normalized spacial score (nSPS) is 12.6. The molecule has 3 aromatic carbocycles. The van der Waals surface area contributed by atoms with Gasteiger partial charge in [0.05, 0.1) is 5.56 Å². The molecule has 1 nitrogen and oxygen atoms in total. The fourth-order valence-corrected chi connectivity index (χ4v) is 3.11. The summed E-state index contributed by atoms with van der Waals surface area (Å²) in [6.45, 7) is 2.86. The van der Waals surface area contributed by atoms with Gasteiger partial charge < -0.3 is 5.32 Å². The van der Waals surface area contributed by atoms with Crippen molar-refractivity contribution >= 4 is 23.2 Å². The van der Waals surface area contributed by atoms with E-state index in [2.05, 4.69) is 42.6 Å². The monoisotopic (exact) mass is 393 g/mol. The lowest BCUT2D eigenvalue weighted by atomic mass is 10.0. The van der Waals surface area contributed by atoms with E-state index < -0.39 is 11.7 Å². The van der Waals surface area contributed by atoms with Crippen LogP contribution in [0.15, 0.2) is 66.7 Å². The quantitative estimate of drug-likeness (QED) is 0.467. The van der Waals surface area contributed by atoms with Crippen LogP contribution in [0, 0.1) is 0 Å². The second-order valence-corrected chi connectivity index (χ2v) is 6.58. The third kappa shape index (κ3) is 5.72. The summed E-state index contributed by atoms with van der Waals surface area (Å²) in [5.41, 5.74) is 1.36. The number of rotatable bonds is 6. The SMILES string of the molecule is C[C@@H](NCCCc1cccc(C(F)(F)F)c1)c1ccc2ccccc2c1.Cl. The molecule has 0 unspecified atom stereocenters. The third-order valence-electron chi connectivity index (χ3n) is 4.62. The minimum absolute atomic E-state index is 0. The van der Waals surface area contributed by atoms with Crippen LogP contribution in [0.25, 0.3) is 10.8 Å². The summed E-state index contributed by atoms with van der Waals surface area (Å²) in [6.07, 6.45) is -2.86. The molecule has 0 bridgehead atoms. The van der Waals surface area contributed by atoms with E-state index in [1.165, 1.54) is 28.5 Å². The van der Waals surface area contributed by atoms with Gasteiger partial charge in [-0.15, -0.1) is 12.4 Å². The van der Waals surface area contributed by atoms with Crippen molar-refractivity contribution in [1.29, 1.82) is 0 Å². The maximum atomic E-state index is 12.7. The average Bonchev–Trinajstić information content (AvgIpc) is 2.64. The Morgan fingerprint density at radius 2 is 1.63 bits per heavy atom. The summed E-state index contributed by atoms with van der Waals surface area (Å²) in [5, 5.41) is 5.88. The highest BCUT2D eigenvalue weighted by Gasteiger charge is 2.30. The van der Waals surface area contributed by atoms with Gasteiger partial charge in [-0.25, -0.2) is 0 Å². The number of halogens is 4. The molecule has 0 spiro atoms. The molecule has 0 aliphatic heterocycles. The number of benzene rings is 3. The molecule has 1 N–H and O–H groups in total. The second-order valence-electron chi connectivity index (χ2n) is 6.58. The molecule has 0 radical (unpaired) electrons. The number of fused-ring (bicyclic) bond motifs is 1. The Morgan fingerprint density at radius 1 is 0.889 bits per heavy atom. The molecule has 3 rings (SSSR count). The largest absolute Gasteiger partial charge is 0.416 e. The van der Waals surface area contributed by atoms with Gasteiger partial charge in [-0.1, -0.05) is 54.6 Å². The van der Waals surface area contributed by atoms with Crippen LogP contribution in [-0.2, 0) is 12.6 Å². The van der Waals surface area contributed by atoms with Gasteiger partial charge in [0.15, 0.2) is 0 Å². The molecule has 0 saturated carbocycles. The van der Waals surface area contributed by atoms with Crippen molar-refractivity contribution in [3.63, 3.8) is 0 Å². The first-order valence-corrected chi connectivity index (χ1v) is 8.82. The van der Waals surface area contributed by atoms with Gasteiger partial charge in [-0.05, 0) is 60.3 Å². The van der Waals surface area contributed by atoms with Gasteiger partial charge in [-0.2, -0.15) is 13.2 Å². The zero-order chi connectivity index (χ0) is 18.6. The van der Waals surface area contributed by atoms with E-state index in [1.54, 1.807) is 6.07 Å². The van der Waals surface area contributed by atoms with E-state index in [0.717, 1.165) is 24.6 Å². The highest BCUT2D eigenvalue weighted by Crippen LogP contribution is 2.29. The Morgan fingerprint density at radius 3 is 2.37 bits per heavy atom. The van der Waals surface area contributed by atoms with Crippen LogP contribution in [-0.4, -0.2) is 6.54 Å². The maximum Gasteiger partial charge on any atom is 0.416 e. The Balaban J connectivity index is 0.00000261. The molecule has 0 aliphatic carbocycles. The van der Waals surface area contributed by atoms with Gasteiger partial charge in [0.25, 0.3) is 0 Å². The molecule has 3 aromatic rings. The van der Waals surface area contributed by atoms with Crippen LogP contribution >= 0.6 is 12.4 Å². The van der Waals surface area contributed by atoms with Crippen LogP contribution in [0.2, 0.25) is 0 Å². The van der Waals surface area contributed by atoms with Crippen LogP contribution < -0.4 is 5.32 Å². The lowest BCUT2D eigenvalue weighted by molar-refractivity contribution is -0.137. The molecule has 1 atom stereocenters. The predicted octanol–water partition coefficient (Wildman–Crippen LogP) is 6.56. The smallest absolute Gasteiger partial charge is 0.310 e. The zero-order valence-corrected chi connectivity index (χ0v) is 15.9. The maximum absolute atomic E-state index is 12.7. The lowest BCUT2D eigenvalue weighted by Crippen LogP contribution is -2.20. The molecule has 0 saturated heterocycles. The fraction of sp³-hybridized carbons (Fsp3) is 0.273. The van der Waals surface area contributed by atoms with Gasteiger partial charge in [0.2, 0.25) is 0 Å². The van der Waals surface area contributed by atoms with Crippen molar-refractivity contribution in [2.45, 2.75) is 32.0 Å². The van der Waals surface area contributed by atoms with E-state index in [1.807, 2.05) is 12.1 Å². The number of nitrogens with one attached hydrogen (secondary N) is 1. The Bertz CT molecular complexity index is 877. The van der Waals surface area contributed by atoms with Gasteiger partial charge >= 0.3 is 6.18 Å². The number of hydrogen-bond donors (Lipinski definition) is 1. The van der Waals surface area contributed by atoms with Crippen molar-refractivity contribution in [3.8, 4) is 0 Å². The van der Waals surface area contributed by atoms with Gasteiger partial charge in [-0.3, -0.25) is 0 Å². The molecule has 0 aromatic heterocycles. The first-order chi connectivity index (χ1) is 12.4. The van der Waals surface area contributed by atoms with E-state index in [0.29, 0.717) is 6.42 Å². The number of alkyl halides is 3. The van der Waals surface area contributed by atoms with Crippen molar-refractivity contribution in [1.82, 2.24) is 5.32 Å². The summed E-state index contributed by atoms with van der Waals surface area (Å²) in [7, 11) is 0. The Hall–Kier alpha value is -2.04. The standard InChI is InChI=1S/C22H22F3N.ClH/c1-16(19-12-11-18-8-2-3-9-20(18)15-19)26-13-5-7-17-6-4-10-21(14-17)22(23,24)25;/h2-4,6,8-12,14-16,26H,5,7,13H2,1H3;1H/t16-;/m1./s1. The fourth-order valence-electron chi connectivity index (χ4n) is 3.11. The van der Waals surface area contributed by atoms with Gasteiger partial charge in [0, 0.05) is 6.04 Å². The van der Waals surface area contributed by atoms with Crippen LogP contribution in [0.4, 0.5) is 13.2 Å². The van der Waals surface area contributed by atoms with Crippen LogP contribution in [0.1, 0.15) is 36.1 Å². The topological polar surface area (TPSA) is 12.0 Å². The van der Waals surface area contributed by atoms with E-state index >= 15 is 0 Å². The molecule has 27 heavy (non-hydrogen) atoms. The Labute approximate surface area is 164 Å². The summed E-state index contributed by atoms with van der Waals surface area (Å²) in [5.74, 6) is 0. The molecule has 5 heteroatoms. The zero-order valence-electron chi connectivity index (χ0n) is 15.1. The lowest BCUT2D eigenvalue weighted by Gasteiger charge is -2.15. The molecule has 0 heterocycles. The van der Waals surface area contributed by atoms with E-state index in [4.69, 9.17) is 0 Å². The first-order valence-electron chi connectivity index (χ1n) is 8.82. The summed E-state index contributed by atoms with van der Waals surface area (Å²) >= 11 is 0. The van der Waals surface area contributed by atoms with Crippen molar-refractivity contribution in [2.24, 2.45) is 0 Å². The second kappa shape index (κ2) is 9.25. The molecule has 0 amide bonds. The summed E-state index contributed by atoms with van der Waals surface area (Å²) in [4.78, 5) is 0.